The minimum absolute atomic E-state index is 0.0718. The molecule has 0 nitrogen and oxygen atoms in total. The monoisotopic (exact) mass is 128 g/mol. The number of rotatable bonds is 0. The van der Waals surface area contributed by atoms with E-state index in [1.165, 1.54) is 0 Å². The Morgan fingerprint density at radius 2 is 1.88 bits per heavy atom. The highest BCUT2D eigenvalue weighted by molar-refractivity contribution is 7.81. The van der Waals surface area contributed by atoms with E-state index >= 15 is 0 Å². The van der Waals surface area contributed by atoms with Crippen LogP contribution < -0.4 is 0 Å². The molecule has 0 fully saturated rings. The summed E-state index contributed by atoms with van der Waals surface area (Å²) >= 11 is 4.17. The van der Waals surface area contributed by atoms with E-state index in [2.05, 4.69) is 39.3 Å². The van der Waals surface area contributed by atoms with Crippen molar-refractivity contribution >= 4 is 12.6 Å². The molecule has 0 saturated heterocycles. The Hall–Kier alpha value is -0.0900. The van der Waals surface area contributed by atoms with E-state index in [-0.39, 0.29) is 10.7 Å². The maximum Gasteiger partial charge on any atom is 0.0672 e. The molecule has 0 bridgehead atoms. The van der Waals surface area contributed by atoms with Gasteiger partial charge in [0.1, 0.15) is 0 Å². The van der Waals surface area contributed by atoms with E-state index in [9.17, 15) is 0 Å². The Labute approximate surface area is 57.1 Å². The first-order valence-electron chi connectivity index (χ1n) is 2.62. The molecule has 0 rings (SSSR count). The lowest BCUT2D eigenvalue weighted by Crippen LogP contribution is -2.18. The quantitative estimate of drug-likeness (QED) is 0.374. The van der Waals surface area contributed by atoms with Crippen LogP contribution >= 0.6 is 12.6 Å². The van der Waals surface area contributed by atoms with Gasteiger partial charge in [-0.25, -0.2) is 0 Å². The van der Waals surface area contributed by atoms with Crippen molar-refractivity contribution in [3.8, 4) is 12.3 Å². The lowest BCUT2D eigenvalue weighted by Gasteiger charge is -2.20. The van der Waals surface area contributed by atoms with Crippen molar-refractivity contribution in [2.45, 2.75) is 26.0 Å². The van der Waals surface area contributed by atoms with Crippen molar-refractivity contribution in [1.82, 2.24) is 0 Å². The van der Waals surface area contributed by atoms with Crippen LogP contribution in [-0.2, 0) is 0 Å². The minimum Gasteiger partial charge on any atom is -0.162 e. The van der Waals surface area contributed by atoms with Gasteiger partial charge in [0, 0.05) is 0 Å². The van der Waals surface area contributed by atoms with Crippen LogP contribution in [0.5, 0.6) is 0 Å². The summed E-state index contributed by atoms with van der Waals surface area (Å²) in [7, 11) is 0. The highest BCUT2D eigenvalue weighted by atomic mass is 32.1. The predicted octanol–water partition coefficient (Wildman–Crippen LogP) is 1.96. The van der Waals surface area contributed by atoms with Gasteiger partial charge in [-0.05, 0) is 5.41 Å². The lowest BCUT2D eigenvalue weighted by atomic mass is 9.92. The van der Waals surface area contributed by atoms with E-state index in [1.807, 2.05) is 0 Å². The molecule has 0 aromatic heterocycles. The van der Waals surface area contributed by atoms with Crippen LogP contribution in [-0.4, -0.2) is 5.25 Å². The predicted molar refractivity (Wildman–Crippen MR) is 41.1 cm³/mol. The third-order valence-electron chi connectivity index (χ3n) is 0.978. The van der Waals surface area contributed by atoms with Crippen LogP contribution in [0.25, 0.3) is 0 Å². The second-order valence-corrected chi connectivity index (χ2v) is 3.45. The zero-order chi connectivity index (χ0) is 6.78. The van der Waals surface area contributed by atoms with Gasteiger partial charge >= 0.3 is 0 Å². The Morgan fingerprint density at radius 1 is 1.50 bits per heavy atom. The average Bonchev–Trinajstić information content (AvgIpc) is 1.62. The van der Waals surface area contributed by atoms with Crippen molar-refractivity contribution < 1.29 is 0 Å². The summed E-state index contributed by atoms with van der Waals surface area (Å²) in [5.41, 5.74) is 0.137. The zero-order valence-electron chi connectivity index (χ0n) is 5.60. The number of hydrogen-bond acceptors (Lipinski definition) is 1. The first kappa shape index (κ1) is 7.91. The molecule has 1 unspecified atom stereocenters. The standard InChI is InChI=1S/C7H12S/c1-5-6(8)7(2,3)4/h1,6,8H,2-4H3. The fraction of sp³-hybridized carbons (Fsp3) is 0.714. The van der Waals surface area contributed by atoms with Crippen LogP contribution in [0, 0.1) is 17.8 Å². The number of terminal acetylenes is 1. The number of thiol groups is 1. The Bertz CT molecular complexity index is 103. The molecule has 0 aromatic rings. The Kier molecular flexibility index (Phi) is 2.43. The minimum atomic E-state index is 0.0718. The fourth-order valence-electron chi connectivity index (χ4n) is 0.250. The molecule has 46 valence electrons. The molecule has 0 saturated carbocycles. The molecule has 0 aliphatic rings. The summed E-state index contributed by atoms with van der Waals surface area (Å²) in [5, 5.41) is 0.0718. The van der Waals surface area contributed by atoms with E-state index in [1.54, 1.807) is 0 Å². The van der Waals surface area contributed by atoms with Gasteiger partial charge in [0.15, 0.2) is 0 Å². The van der Waals surface area contributed by atoms with Gasteiger partial charge in [0.2, 0.25) is 0 Å². The maximum atomic E-state index is 5.13. The van der Waals surface area contributed by atoms with Crippen molar-refractivity contribution in [2.24, 2.45) is 5.41 Å². The third-order valence-corrected chi connectivity index (χ3v) is 1.90. The second-order valence-electron chi connectivity index (χ2n) is 2.94. The van der Waals surface area contributed by atoms with Crippen molar-refractivity contribution in [1.29, 1.82) is 0 Å². The summed E-state index contributed by atoms with van der Waals surface area (Å²) in [6.07, 6.45) is 5.13. The molecule has 8 heavy (non-hydrogen) atoms. The summed E-state index contributed by atoms with van der Waals surface area (Å²) in [6.45, 7) is 6.22. The smallest absolute Gasteiger partial charge is 0.0672 e. The Balaban J connectivity index is 3.87. The molecule has 0 radical (unpaired) electrons. The van der Waals surface area contributed by atoms with Crippen LogP contribution in [0.4, 0.5) is 0 Å². The van der Waals surface area contributed by atoms with E-state index in [4.69, 9.17) is 6.42 Å². The molecule has 0 spiro atoms. The molecule has 0 amide bonds. The van der Waals surface area contributed by atoms with Crippen molar-refractivity contribution in [3.05, 3.63) is 0 Å². The molecule has 0 aliphatic heterocycles. The Morgan fingerprint density at radius 3 is 1.88 bits per heavy atom. The topological polar surface area (TPSA) is 0 Å². The van der Waals surface area contributed by atoms with Crippen molar-refractivity contribution in [2.75, 3.05) is 0 Å². The molecule has 0 aromatic carbocycles. The summed E-state index contributed by atoms with van der Waals surface area (Å²) in [5.74, 6) is 2.57. The van der Waals surface area contributed by atoms with E-state index < -0.39 is 0 Å². The van der Waals surface area contributed by atoms with Crippen LogP contribution in [0.2, 0.25) is 0 Å². The number of hydrogen-bond donors (Lipinski definition) is 1. The molecule has 0 N–H and O–H groups in total. The van der Waals surface area contributed by atoms with Gasteiger partial charge in [-0.1, -0.05) is 26.7 Å². The normalized spacial score (nSPS) is 14.9. The second kappa shape index (κ2) is 2.46. The summed E-state index contributed by atoms with van der Waals surface area (Å²) in [4.78, 5) is 0. The van der Waals surface area contributed by atoms with E-state index in [0.717, 1.165) is 0 Å². The lowest BCUT2D eigenvalue weighted by molar-refractivity contribution is 0.441. The average molecular weight is 128 g/mol. The summed E-state index contributed by atoms with van der Waals surface area (Å²) < 4.78 is 0. The molecule has 1 heteroatoms. The molecular formula is C7H12S. The van der Waals surface area contributed by atoms with Crippen LogP contribution in [0.1, 0.15) is 20.8 Å². The van der Waals surface area contributed by atoms with Crippen molar-refractivity contribution in [3.63, 3.8) is 0 Å². The van der Waals surface area contributed by atoms with Crippen LogP contribution in [0.3, 0.4) is 0 Å². The third kappa shape index (κ3) is 2.28. The van der Waals surface area contributed by atoms with Gasteiger partial charge in [-0.3, -0.25) is 0 Å². The SMILES string of the molecule is C#CC(S)C(C)(C)C. The van der Waals surface area contributed by atoms with Gasteiger partial charge in [-0.2, -0.15) is 12.6 Å². The molecule has 0 aliphatic carbocycles. The highest BCUT2D eigenvalue weighted by Crippen LogP contribution is 2.22. The van der Waals surface area contributed by atoms with Gasteiger partial charge in [-0.15, -0.1) is 6.42 Å². The van der Waals surface area contributed by atoms with Gasteiger partial charge < -0.3 is 0 Å². The fourth-order valence-corrected chi connectivity index (χ4v) is 0.250. The maximum absolute atomic E-state index is 5.13. The molecule has 0 heterocycles. The van der Waals surface area contributed by atoms with Gasteiger partial charge in [0.05, 0.1) is 5.25 Å². The highest BCUT2D eigenvalue weighted by Gasteiger charge is 2.17. The first-order chi connectivity index (χ1) is 3.48. The van der Waals surface area contributed by atoms with Crippen LogP contribution in [0.15, 0.2) is 0 Å². The first-order valence-corrected chi connectivity index (χ1v) is 3.14. The molecular weight excluding hydrogens is 116 g/mol. The zero-order valence-corrected chi connectivity index (χ0v) is 6.50. The van der Waals surface area contributed by atoms with Gasteiger partial charge in [0.25, 0.3) is 0 Å². The summed E-state index contributed by atoms with van der Waals surface area (Å²) in [6, 6.07) is 0. The molecule has 1 atom stereocenters. The van der Waals surface area contributed by atoms with E-state index in [0.29, 0.717) is 0 Å². The largest absolute Gasteiger partial charge is 0.162 e.